The molecule has 0 spiro atoms. The smallest absolute Gasteiger partial charge is 0.126 e. The van der Waals surface area contributed by atoms with E-state index in [1.807, 2.05) is 12.1 Å². The first-order valence-corrected chi connectivity index (χ1v) is 5.74. The van der Waals surface area contributed by atoms with E-state index in [1.54, 1.807) is 6.20 Å². The summed E-state index contributed by atoms with van der Waals surface area (Å²) in [5.74, 6) is 1.70. The third-order valence-corrected chi connectivity index (χ3v) is 3.23. The van der Waals surface area contributed by atoms with Gasteiger partial charge in [-0.2, -0.15) is 0 Å². The van der Waals surface area contributed by atoms with Crippen molar-refractivity contribution in [3.63, 3.8) is 0 Å². The summed E-state index contributed by atoms with van der Waals surface area (Å²) in [6, 6.07) is 4.43. The lowest BCUT2D eigenvalue weighted by molar-refractivity contribution is 0.349. The standard InChI is InChI=1S/C12H19N3/c1-9-4-2-3-5-11(9)15-12-7-6-10(13)8-14-12/h6-9,11H,2-5,13H2,1H3,(H,14,15). The van der Waals surface area contributed by atoms with Gasteiger partial charge < -0.3 is 11.1 Å². The number of pyridine rings is 1. The van der Waals surface area contributed by atoms with Crippen LogP contribution in [0, 0.1) is 5.92 Å². The van der Waals surface area contributed by atoms with Crippen molar-refractivity contribution in [3.8, 4) is 0 Å². The van der Waals surface area contributed by atoms with Gasteiger partial charge in [-0.15, -0.1) is 0 Å². The number of nitrogens with one attached hydrogen (secondary N) is 1. The predicted molar refractivity (Wildman–Crippen MR) is 63.7 cm³/mol. The van der Waals surface area contributed by atoms with E-state index < -0.39 is 0 Å². The fourth-order valence-electron chi connectivity index (χ4n) is 2.21. The lowest BCUT2D eigenvalue weighted by atomic mass is 9.86. The molecule has 1 aromatic heterocycles. The van der Waals surface area contributed by atoms with Crippen molar-refractivity contribution in [1.29, 1.82) is 0 Å². The van der Waals surface area contributed by atoms with Gasteiger partial charge in [0.25, 0.3) is 0 Å². The van der Waals surface area contributed by atoms with E-state index in [2.05, 4.69) is 17.2 Å². The number of nitrogens with zero attached hydrogens (tertiary/aromatic N) is 1. The van der Waals surface area contributed by atoms with Gasteiger partial charge in [0, 0.05) is 6.04 Å². The van der Waals surface area contributed by atoms with Crippen molar-refractivity contribution in [2.45, 2.75) is 38.6 Å². The zero-order chi connectivity index (χ0) is 10.7. The first-order valence-electron chi connectivity index (χ1n) is 5.74. The molecule has 0 aliphatic heterocycles. The summed E-state index contributed by atoms with van der Waals surface area (Å²) in [6.07, 6.45) is 6.99. The molecule has 0 radical (unpaired) electrons. The summed E-state index contributed by atoms with van der Waals surface area (Å²) in [7, 11) is 0. The van der Waals surface area contributed by atoms with Gasteiger partial charge in [-0.3, -0.25) is 0 Å². The topological polar surface area (TPSA) is 50.9 Å². The fraction of sp³-hybridized carbons (Fsp3) is 0.583. The van der Waals surface area contributed by atoms with Crippen molar-refractivity contribution in [1.82, 2.24) is 4.98 Å². The second-order valence-corrected chi connectivity index (χ2v) is 4.49. The Hall–Kier alpha value is -1.25. The maximum absolute atomic E-state index is 5.60. The molecule has 2 unspecified atom stereocenters. The van der Waals surface area contributed by atoms with Gasteiger partial charge in [0.05, 0.1) is 11.9 Å². The molecule has 0 bridgehead atoms. The molecule has 1 aliphatic carbocycles. The van der Waals surface area contributed by atoms with Gasteiger partial charge in [-0.05, 0) is 30.9 Å². The number of rotatable bonds is 2. The molecule has 0 aromatic carbocycles. The van der Waals surface area contributed by atoms with Crippen LogP contribution in [0.5, 0.6) is 0 Å². The lowest BCUT2D eigenvalue weighted by Crippen LogP contribution is -2.30. The number of hydrogen-bond acceptors (Lipinski definition) is 3. The molecule has 3 heteroatoms. The van der Waals surface area contributed by atoms with Crippen LogP contribution in [0.15, 0.2) is 18.3 Å². The van der Waals surface area contributed by atoms with Crippen molar-refractivity contribution in [3.05, 3.63) is 18.3 Å². The minimum Gasteiger partial charge on any atom is -0.397 e. The van der Waals surface area contributed by atoms with Gasteiger partial charge in [0.1, 0.15) is 5.82 Å². The zero-order valence-corrected chi connectivity index (χ0v) is 9.24. The van der Waals surface area contributed by atoms with Crippen LogP contribution in [0.4, 0.5) is 11.5 Å². The molecule has 1 aliphatic rings. The molecule has 2 rings (SSSR count). The van der Waals surface area contributed by atoms with Crippen LogP contribution in [0.2, 0.25) is 0 Å². The van der Waals surface area contributed by atoms with Crippen LogP contribution < -0.4 is 11.1 Å². The molecular weight excluding hydrogens is 186 g/mol. The van der Waals surface area contributed by atoms with Crippen LogP contribution in [0.3, 0.4) is 0 Å². The molecule has 1 aromatic rings. The first-order chi connectivity index (χ1) is 7.25. The number of nitrogens with two attached hydrogens (primary N) is 1. The van der Waals surface area contributed by atoms with Crippen LogP contribution in [-0.2, 0) is 0 Å². The Bertz CT molecular complexity index is 307. The van der Waals surface area contributed by atoms with E-state index in [4.69, 9.17) is 5.73 Å². The van der Waals surface area contributed by atoms with E-state index in [-0.39, 0.29) is 0 Å². The molecule has 15 heavy (non-hydrogen) atoms. The SMILES string of the molecule is CC1CCCCC1Nc1ccc(N)cn1. The molecule has 1 saturated carbocycles. The molecule has 1 fully saturated rings. The monoisotopic (exact) mass is 205 g/mol. The largest absolute Gasteiger partial charge is 0.397 e. The van der Waals surface area contributed by atoms with Gasteiger partial charge >= 0.3 is 0 Å². The Morgan fingerprint density at radius 1 is 1.33 bits per heavy atom. The number of aromatic nitrogens is 1. The second kappa shape index (κ2) is 4.51. The van der Waals surface area contributed by atoms with Crippen LogP contribution in [0.1, 0.15) is 32.6 Å². The molecule has 0 amide bonds. The number of hydrogen-bond donors (Lipinski definition) is 2. The third-order valence-electron chi connectivity index (χ3n) is 3.23. The molecule has 3 N–H and O–H groups in total. The molecule has 82 valence electrons. The van der Waals surface area contributed by atoms with E-state index >= 15 is 0 Å². The van der Waals surface area contributed by atoms with Gasteiger partial charge in [-0.25, -0.2) is 4.98 Å². The third kappa shape index (κ3) is 2.61. The van der Waals surface area contributed by atoms with Crippen LogP contribution >= 0.6 is 0 Å². The quantitative estimate of drug-likeness (QED) is 0.780. The predicted octanol–water partition coefficient (Wildman–Crippen LogP) is 2.65. The summed E-state index contributed by atoms with van der Waals surface area (Å²) < 4.78 is 0. The summed E-state index contributed by atoms with van der Waals surface area (Å²) in [5, 5.41) is 3.49. The minimum atomic E-state index is 0.579. The normalized spacial score (nSPS) is 26.2. The van der Waals surface area contributed by atoms with Gasteiger partial charge in [0.15, 0.2) is 0 Å². The minimum absolute atomic E-state index is 0.579. The van der Waals surface area contributed by atoms with Crippen molar-refractivity contribution in [2.24, 2.45) is 5.92 Å². The highest BCUT2D eigenvalue weighted by molar-refractivity contribution is 5.44. The zero-order valence-electron chi connectivity index (χ0n) is 9.24. The Balaban J connectivity index is 1.98. The van der Waals surface area contributed by atoms with E-state index in [1.165, 1.54) is 25.7 Å². The molecule has 2 atom stereocenters. The van der Waals surface area contributed by atoms with E-state index in [0.29, 0.717) is 6.04 Å². The Labute approximate surface area is 91.1 Å². The Kier molecular flexibility index (Phi) is 3.09. The number of anilines is 2. The van der Waals surface area contributed by atoms with E-state index in [9.17, 15) is 0 Å². The number of nitrogen functional groups attached to an aromatic ring is 1. The summed E-state index contributed by atoms with van der Waals surface area (Å²) in [5.41, 5.74) is 6.32. The highest BCUT2D eigenvalue weighted by Gasteiger charge is 2.20. The van der Waals surface area contributed by atoms with E-state index in [0.717, 1.165) is 17.4 Å². The highest BCUT2D eigenvalue weighted by Crippen LogP contribution is 2.26. The first kappa shape index (κ1) is 10.3. The summed E-state index contributed by atoms with van der Waals surface area (Å²) >= 11 is 0. The van der Waals surface area contributed by atoms with Crippen molar-refractivity contribution in [2.75, 3.05) is 11.1 Å². The molecular formula is C12H19N3. The Morgan fingerprint density at radius 3 is 2.80 bits per heavy atom. The van der Waals surface area contributed by atoms with Gasteiger partial charge in [-0.1, -0.05) is 19.8 Å². The van der Waals surface area contributed by atoms with Crippen molar-refractivity contribution >= 4 is 11.5 Å². The average molecular weight is 205 g/mol. The second-order valence-electron chi connectivity index (χ2n) is 4.49. The molecule has 0 saturated heterocycles. The molecule has 1 heterocycles. The van der Waals surface area contributed by atoms with Crippen molar-refractivity contribution < 1.29 is 0 Å². The summed E-state index contributed by atoms with van der Waals surface area (Å²) in [4.78, 5) is 4.27. The van der Waals surface area contributed by atoms with Gasteiger partial charge in [0.2, 0.25) is 0 Å². The van der Waals surface area contributed by atoms with Crippen LogP contribution in [0.25, 0.3) is 0 Å². The average Bonchev–Trinajstić information content (AvgIpc) is 2.25. The summed E-state index contributed by atoms with van der Waals surface area (Å²) in [6.45, 7) is 2.31. The maximum atomic E-state index is 5.60. The maximum Gasteiger partial charge on any atom is 0.126 e. The van der Waals surface area contributed by atoms with Crippen LogP contribution in [-0.4, -0.2) is 11.0 Å². The lowest BCUT2D eigenvalue weighted by Gasteiger charge is -2.29. The Morgan fingerprint density at radius 2 is 2.13 bits per heavy atom. The molecule has 3 nitrogen and oxygen atoms in total. The highest BCUT2D eigenvalue weighted by atomic mass is 15.0. The fourth-order valence-corrected chi connectivity index (χ4v) is 2.21.